The summed E-state index contributed by atoms with van der Waals surface area (Å²) in [5.74, 6) is 1.02. The van der Waals surface area contributed by atoms with Crippen molar-refractivity contribution in [3.05, 3.63) is 35.9 Å². The van der Waals surface area contributed by atoms with E-state index in [2.05, 4.69) is 27.7 Å². The molecule has 0 saturated heterocycles. The molecule has 18 heavy (non-hydrogen) atoms. The van der Waals surface area contributed by atoms with Gasteiger partial charge in [0.2, 0.25) is 5.78 Å². The van der Waals surface area contributed by atoms with Crippen molar-refractivity contribution in [1.29, 1.82) is 0 Å². The molecular formula is C16H25OS+. The van der Waals surface area contributed by atoms with Crippen LogP contribution in [0.4, 0.5) is 0 Å². The summed E-state index contributed by atoms with van der Waals surface area (Å²) in [4.78, 5) is 12.3. The molecule has 0 spiro atoms. The van der Waals surface area contributed by atoms with Gasteiger partial charge in [-0.1, -0.05) is 44.2 Å². The fourth-order valence-electron chi connectivity index (χ4n) is 1.97. The number of carbonyl (C=O) groups excluding carboxylic acids is 1. The minimum absolute atomic E-state index is 0.206. The monoisotopic (exact) mass is 265 g/mol. The Kier molecular flexibility index (Phi) is 6.48. The molecule has 0 heterocycles. The minimum atomic E-state index is 0.206. The molecule has 0 aliphatic rings. The largest absolute Gasteiger partial charge is 0.289 e. The van der Waals surface area contributed by atoms with E-state index in [-0.39, 0.29) is 10.9 Å². The molecule has 1 rings (SSSR count). The van der Waals surface area contributed by atoms with Gasteiger partial charge in [0.05, 0.1) is 0 Å². The molecule has 0 N–H and O–H groups in total. The lowest BCUT2D eigenvalue weighted by atomic mass is 10.2. The summed E-state index contributed by atoms with van der Waals surface area (Å²) in [6.07, 6.45) is 2.32. The zero-order chi connectivity index (χ0) is 13.5. The van der Waals surface area contributed by atoms with Crippen LogP contribution in [0.3, 0.4) is 0 Å². The molecular weight excluding hydrogens is 240 g/mol. The van der Waals surface area contributed by atoms with Crippen molar-refractivity contribution >= 4 is 16.7 Å². The van der Waals surface area contributed by atoms with Crippen molar-refractivity contribution < 1.29 is 4.79 Å². The van der Waals surface area contributed by atoms with Gasteiger partial charge in [0.25, 0.3) is 0 Å². The molecule has 100 valence electrons. The first-order chi connectivity index (χ1) is 8.60. The van der Waals surface area contributed by atoms with Crippen LogP contribution in [0, 0.1) is 0 Å². The molecule has 1 aromatic rings. The van der Waals surface area contributed by atoms with E-state index < -0.39 is 0 Å². The van der Waals surface area contributed by atoms with Crippen molar-refractivity contribution in [3.63, 3.8) is 0 Å². The Morgan fingerprint density at radius 3 is 2.00 bits per heavy atom. The van der Waals surface area contributed by atoms with Crippen LogP contribution < -0.4 is 0 Å². The van der Waals surface area contributed by atoms with Gasteiger partial charge < -0.3 is 0 Å². The zero-order valence-corrected chi connectivity index (χ0v) is 12.8. The molecule has 0 amide bonds. The molecule has 1 aromatic carbocycles. The van der Waals surface area contributed by atoms with Crippen molar-refractivity contribution in [2.75, 3.05) is 5.75 Å². The van der Waals surface area contributed by atoms with Crippen LogP contribution in [0.1, 0.15) is 50.9 Å². The van der Waals surface area contributed by atoms with E-state index in [1.54, 1.807) is 0 Å². The highest BCUT2D eigenvalue weighted by atomic mass is 32.2. The van der Waals surface area contributed by atoms with Crippen LogP contribution in [0.2, 0.25) is 0 Å². The van der Waals surface area contributed by atoms with Crippen LogP contribution in [0.15, 0.2) is 30.3 Å². The van der Waals surface area contributed by atoms with Crippen molar-refractivity contribution in [3.8, 4) is 0 Å². The third-order valence-corrected chi connectivity index (χ3v) is 6.91. The summed E-state index contributed by atoms with van der Waals surface area (Å²) in [6.45, 7) is 9.02. The normalized spacial score (nSPS) is 16.0. The number of ketones is 1. The van der Waals surface area contributed by atoms with Crippen LogP contribution in [0.25, 0.3) is 0 Å². The number of rotatable bonds is 7. The molecule has 0 aromatic heterocycles. The number of hydrogen-bond donors (Lipinski definition) is 0. The van der Waals surface area contributed by atoms with Gasteiger partial charge in [-0.15, -0.1) is 0 Å². The molecule has 0 radical (unpaired) electrons. The second kappa shape index (κ2) is 7.63. The first kappa shape index (κ1) is 15.3. The summed E-state index contributed by atoms with van der Waals surface area (Å²) in [7, 11) is 0.206. The molecule has 0 saturated carbocycles. The van der Waals surface area contributed by atoms with E-state index in [1.807, 2.05) is 30.3 Å². The maximum Gasteiger partial charge on any atom is 0.211 e. The molecule has 1 nitrogen and oxygen atoms in total. The number of hydrogen-bond acceptors (Lipinski definition) is 1. The van der Waals surface area contributed by atoms with E-state index in [0.717, 1.165) is 18.4 Å². The van der Waals surface area contributed by atoms with E-state index in [1.165, 1.54) is 0 Å². The summed E-state index contributed by atoms with van der Waals surface area (Å²) >= 11 is 0. The average Bonchev–Trinajstić information content (AvgIpc) is 2.43. The standard InChI is InChI=1S/C16H25OS/c1-5-13(3)18(14(4)6-2)12-16(17)15-10-8-7-9-11-15/h7-11,13-14H,5-6,12H2,1-4H3/q+1. The highest BCUT2D eigenvalue weighted by Gasteiger charge is 2.33. The van der Waals surface area contributed by atoms with Gasteiger partial charge in [0.15, 0.2) is 5.75 Å². The van der Waals surface area contributed by atoms with Crippen LogP contribution in [0.5, 0.6) is 0 Å². The molecule has 0 fully saturated rings. The minimum Gasteiger partial charge on any atom is -0.289 e. The molecule has 0 aliphatic carbocycles. The Labute approximate surface area is 114 Å². The van der Waals surface area contributed by atoms with Crippen molar-refractivity contribution in [2.45, 2.75) is 51.0 Å². The van der Waals surface area contributed by atoms with Crippen LogP contribution in [-0.4, -0.2) is 22.0 Å². The van der Waals surface area contributed by atoms with Gasteiger partial charge in [0.1, 0.15) is 10.5 Å². The molecule has 2 heteroatoms. The Hall–Kier alpha value is -0.760. The van der Waals surface area contributed by atoms with E-state index in [4.69, 9.17) is 0 Å². The van der Waals surface area contributed by atoms with E-state index in [9.17, 15) is 4.79 Å². The van der Waals surface area contributed by atoms with Gasteiger partial charge in [-0.05, 0) is 26.7 Å². The van der Waals surface area contributed by atoms with Crippen LogP contribution >= 0.6 is 0 Å². The Morgan fingerprint density at radius 1 is 1.06 bits per heavy atom. The maximum atomic E-state index is 12.3. The van der Waals surface area contributed by atoms with E-state index in [0.29, 0.717) is 22.0 Å². The lowest BCUT2D eigenvalue weighted by Gasteiger charge is -2.19. The fraction of sp³-hybridized carbons (Fsp3) is 0.562. The first-order valence-corrected chi connectivity index (χ1v) is 8.38. The Morgan fingerprint density at radius 2 is 1.56 bits per heavy atom. The molecule has 0 bridgehead atoms. The number of Topliss-reactive ketones (excluding diaryl/α,β-unsaturated/α-hetero) is 1. The predicted octanol–water partition coefficient (Wildman–Crippen LogP) is 4.08. The van der Waals surface area contributed by atoms with Gasteiger partial charge in [-0.25, -0.2) is 0 Å². The van der Waals surface area contributed by atoms with Crippen molar-refractivity contribution in [1.82, 2.24) is 0 Å². The maximum absolute atomic E-state index is 12.3. The lowest BCUT2D eigenvalue weighted by Crippen LogP contribution is -2.33. The van der Waals surface area contributed by atoms with Gasteiger partial charge in [-0.2, -0.15) is 0 Å². The highest BCUT2D eigenvalue weighted by molar-refractivity contribution is 7.98. The fourth-order valence-corrected chi connectivity index (χ4v) is 4.66. The van der Waals surface area contributed by atoms with Gasteiger partial charge >= 0.3 is 0 Å². The third kappa shape index (κ3) is 4.16. The number of carbonyl (C=O) groups is 1. The summed E-state index contributed by atoms with van der Waals surface area (Å²) in [6, 6.07) is 9.70. The average molecular weight is 265 g/mol. The molecule has 0 aliphatic heterocycles. The van der Waals surface area contributed by atoms with Crippen molar-refractivity contribution in [2.24, 2.45) is 0 Å². The smallest absolute Gasteiger partial charge is 0.211 e. The van der Waals surface area contributed by atoms with Gasteiger partial charge in [0, 0.05) is 16.5 Å². The lowest BCUT2D eigenvalue weighted by molar-refractivity contribution is 0.102. The highest BCUT2D eigenvalue weighted by Crippen LogP contribution is 2.20. The van der Waals surface area contributed by atoms with E-state index >= 15 is 0 Å². The summed E-state index contributed by atoms with van der Waals surface area (Å²) in [5, 5.41) is 1.29. The second-order valence-corrected chi connectivity index (χ2v) is 7.68. The quantitative estimate of drug-likeness (QED) is 0.536. The molecule has 2 unspecified atom stereocenters. The second-order valence-electron chi connectivity index (χ2n) is 4.84. The SMILES string of the molecule is CCC(C)[S+](CC(=O)c1ccccc1)C(C)CC. The first-order valence-electron chi connectivity index (χ1n) is 6.86. The summed E-state index contributed by atoms with van der Waals surface area (Å²) < 4.78 is 0. The van der Waals surface area contributed by atoms with Gasteiger partial charge in [-0.3, -0.25) is 4.79 Å². The zero-order valence-electron chi connectivity index (χ0n) is 12.0. The van der Waals surface area contributed by atoms with Crippen LogP contribution in [-0.2, 0) is 10.9 Å². The topological polar surface area (TPSA) is 17.1 Å². The predicted molar refractivity (Wildman–Crippen MR) is 82.5 cm³/mol. The Bertz CT molecular complexity index is 351. The number of benzene rings is 1. The Balaban J connectivity index is 2.75. The third-order valence-electron chi connectivity index (χ3n) is 3.58. The summed E-state index contributed by atoms with van der Waals surface area (Å²) in [5.41, 5.74) is 0.863. The molecule has 2 atom stereocenters.